The third-order valence-corrected chi connectivity index (χ3v) is 11.2. The molecule has 0 fully saturated rings. The lowest BCUT2D eigenvalue weighted by Gasteiger charge is -2.15. The molecular formula is C47H43Cl5N8O8. The van der Waals surface area contributed by atoms with Crippen molar-refractivity contribution in [2.75, 3.05) is 34.5 Å². The van der Waals surface area contributed by atoms with Crippen molar-refractivity contribution in [3.63, 3.8) is 0 Å². The number of ether oxygens (including phenoxy) is 2. The Morgan fingerprint density at radius 3 is 1.35 bits per heavy atom. The van der Waals surface area contributed by atoms with Gasteiger partial charge in [0.05, 0.1) is 46.1 Å². The second-order valence-corrected chi connectivity index (χ2v) is 16.0. The zero-order valence-corrected chi connectivity index (χ0v) is 40.6. The zero-order valence-electron chi connectivity index (χ0n) is 36.8. The maximum Gasteiger partial charge on any atom is 0.258 e. The zero-order chi connectivity index (χ0) is 49.5. The summed E-state index contributed by atoms with van der Waals surface area (Å²) in [7, 11) is 0. The van der Waals surface area contributed by atoms with Crippen LogP contribution >= 0.6 is 58.0 Å². The molecule has 16 nitrogen and oxygen atoms in total. The molecule has 0 saturated heterocycles. The average molecular weight is 1030 g/mol. The smallest absolute Gasteiger partial charge is 0.258 e. The van der Waals surface area contributed by atoms with Crippen LogP contribution in [0, 0.1) is 0 Å². The van der Waals surface area contributed by atoms with Crippen molar-refractivity contribution >= 4 is 127 Å². The Morgan fingerprint density at radius 2 is 0.941 bits per heavy atom. The van der Waals surface area contributed by atoms with Crippen LogP contribution < -0.4 is 30.7 Å². The number of nitrogens with one attached hydrogen (secondary N) is 4. The SMILES string of the molecule is CCOc1cc(NC(=O)c2cccc(N=NC(C(C)=O)C(=O)Nc3ccc(NC(=O)C(N=Nc4cccc(C(=O)Nc5ccc(CCl)c(OCC)c5)c4Cl)C(C)=O)c(CCl)c3)c2Cl)ccc1CCl. The summed E-state index contributed by atoms with van der Waals surface area (Å²) < 4.78 is 11.2. The highest BCUT2D eigenvalue weighted by atomic mass is 35.5. The van der Waals surface area contributed by atoms with Crippen molar-refractivity contribution in [2.24, 2.45) is 20.5 Å². The van der Waals surface area contributed by atoms with Crippen molar-refractivity contribution in [3.05, 3.63) is 129 Å². The summed E-state index contributed by atoms with van der Waals surface area (Å²) in [4.78, 5) is 78.6. The number of alkyl halides is 3. The fourth-order valence-corrected chi connectivity index (χ4v) is 7.36. The Bertz CT molecular complexity index is 2790. The van der Waals surface area contributed by atoms with E-state index in [9.17, 15) is 28.8 Å². The van der Waals surface area contributed by atoms with E-state index in [4.69, 9.17) is 67.5 Å². The van der Waals surface area contributed by atoms with Crippen LogP contribution in [-0.2, 0) is 36.8 Å². The van der Waals surface area contributed by atoms with Gasteiger partial charge in [0.25, 0.3) is 23.6 Å². The highest BCUT2D eigenvalue weighted by Gasteiger charge is 2.27. The predicted molar refractivity (Wildman–Crippen MR) is 264 cm³/mol. The van der Waals surface area contributed by atoms with Crippen molar-refractivity contribution in [1.82, 2.24) is 0 Å². The van der Waals surface area contributed by atoms with E-state index in [1.807, 2.05) is 13.8 Å². The largest absolute Gasteiger partial charge is 0.493 e. The fraction of sp³-hybridized carbons (Fsp3) is 0.234. The molecule has 5 aromatic rings. The Hall–Kier alpha value is -6.43. The molecule has 5 rings (SSSR count). The molecule has 0 radical (unpaired) electrons. The molecule has 0 saturated carbocycles. The molecule has 0 aliphatic carbocycles. The maximum atomic E-state index is 13.4. The van der Waals surface area contributed by atoms with Gasteiger partial charge in [-0.3, -0.25) is 28.8 Å². The van der Waals surface area contributed by atoms with Crippen LogP contribution in [0.25, 0.3) is 0 Å². The van der Waals surface area contributed by atoms with Gasteiger partial charge in [0.15, 0.2) is 11.6 Å². The Labute approximate surface area is 416 Å². The number of hydrogen-bond acceptors (Lipinski definition) is 12. The van der Waals surface area contributed by atoms with E-state index in [-0.39, 0.29) is 61.6 Å². The van der Waals surface area contributed by atoms with Crippen LogP contribution in [0.3, 0.4) is 0 Å². The molecule has 21 heteroatoms. The standard InChI is InChI=1S/C47H43Cl5N8O8/c1-5-67-38-20-31(15-13-27(38)22-48)53-44(63)33-9-7-11-36(40(33)51)57-59-42(25(3)61)46(65)55-30-17-18-35(29(19-30)24-50)56-47(66)43(26(4)62)60-58-37-12-8-10-34(41(37)52)45(64)54-32-16-14-28(23-49)39(21-32)68-6-2/h7-21,42-43H,5-6,22-24H2,1-4H3,(H,53,63)(H,54,64)(H,55,65)(H,56,66). The molecule has 2 unspecified atom stereocenters. The number of halogens is 5. The first-order valence-corrected chi connectivity index (χ1v) is 22.9. The van der Waals surface area contributed by atoms with Crippen LogP contribution in [0.15, 0.2) is 111 Å². The van der Waals surface area contributed by atoms with Crippen molar-refractivity contribution in [1.29, 1.82) is 0 Å². The van der Waals surface area contributed by atoms with Crippen molar-refractivity contribution in [2.45, 2.75) is 57.4 Å². The van der Waals surface area contributed by atoms with Gasteiger partial charge >= 0.3 is 0 Å². The molecule has 0 heterocycles. The summed E-state index contributed by atoms with van der Waals surface area (Å²) in [6.45, 7) is 6.73. The molecule has 0 bridgehead atoms. The van der Waals surface area contributed by atoms with Gasteiger partial charge in [-0.25, -0.2) is 0 Å². The Balaban J connectivity index is 1.25. The maximum absolute atomic E-state index is 13.4. The lowest BCUT2D eigenvalue weighted by atomic mass is 10.1. The van der Waals surface area contributed by atoms with E-state index in [0.717, 1.165) is 25.0 Å². The van der Waals surface area contributed by atoms with Crippen LogP contribution in [-0.4, -0.2) is 60.5 Å². The van der Waals surface area contributed by atoms with E-state index in [1.165, 1.54) is 54.6 Å². The van der Waals surface area contributed by atoms with Gasteiger partial charge in [-0.15, -0.1) is 34.8 Å². The number of Topliss-reactive ketones (excluding diaryl/α,β-unsaturated/α-hetero) is 2. The highest BCUT2D eigenvalue weighted by molar-refractivity contribution is 6.37. The lowest BCUT2D eigenvalue weighted by Crippen LogP contribution is -2.32. The summed E-state index contributed by atoms with van der Waals surface area (Å²) in [5.41, 5.74) is 3.13. The summed E-state index contributed by atoms with van der Waals surface area (Å²) >= 11 is 31.4. The second kappa shape index (κ2) is 25.1. The molecule has 5 aromatic carbocycles. The lowest BCUT2D eigenvalue weighted by molar-refractivity contribution is -0.127. The second-order valence-electron chi connectivity index (χ2n) is 14.4. The topological polar surface area (TPSA) is 218 Å². The number of anilines is 4. The minimum atomic E-state index is -1.64. The molecule has 2 atom stereocenters. The number of ketones is 2. The predicted octanol–water partition coefficient (Wildman–Crippen LogP) is 11.9. The van der Waals surface area contributed by atoms with Crippen molar-refractivity contribution < 1.29 is 38.2 Å². The Morgan fingerprint density at radius 1 is 0.529 bits per heavy atom. The number of azo groups is 2. The van der Waals surface area contributed by atoms with Gasteiger partial charge in [-0.1, -0.05) is 47.5 Å². The third-order valence-electron chi connectivity index (χ3n) is 9.59. The van der Waals surface area contributed by atoms with E-state index in [2.05, 4.69) is 41.7 Å². The number of benzene rings is 5. The first kappa shape index (κ1) is 52.5. The highest BCUT2D eigenvalue weighted by Crippen LogP contribution is 2.33. The third kappa shape index (κ3) is 13.6. The Kier molecular flexibility index (Phi) is 19.4. The summed E-state index contributed by atoms with van der Waals surface area (Å²) in [5, 5.41) is 26.6. The number of carbonyl (C=O) groups excluding carboxylic acids is 6. The number of hydrogen-bond donors (Lipinski definition) is 4. The quantitative estimate of drug-likeness (QED) is 0.0314. The van der Waals surface area contributed by atoms with Crippen LogP contribution in [0.4, 0.5) is 34.1 Å². The average Bonchev–Trinajstić information content (AvgIpc) is 3.30. The normalized spacial score (nSPS) is 12.0. The molecule has 4 N–H and O–H groups in total. The number of nitrogens with zero attached hydrogens (tertiary/aromatic N) is 4. The molecule has 68 heavy (non-hydrogen) atoms. The van der Waals surface area contributed by atoms with Gasteiger partial charge in [-0.2, -0.15) is 20.5 Å². The molecule has 0 aliphatic heterocycles. The van der Waals surface area contributed by atoms with Gasteiger partial charge in [0, 0.05) is 51.9 Å². The van der Waals surface area contributed by atoms with Crippen LogP contribution in [0.5, 0.6) is 11.5 Å². The molecular weight excluding hydrogens is 982 g/mol. The summed E-state index contributed by atoms with van der Waals surface area (Å²) in [6, 6.07) is 19.9. The summed E-state index contributed by atoms with van der Waals surface area (Å²) in [5.74, 6) is -2.88. The number of amides is 4. The number of carbonyl (C=O) groups is 6. The van der Waals surface area contributed by atoms with Crippen LogP contribution in [0.1, 0.15) is 65.1 Å². The molecule has 0 spiro atoms. The fourth-order valence-electron chi connectivity index (χ4n) is 6.20. The minimum absolute atomic E-state index is 0.0117. The van der Waals surface area contributed by atoms with Gasteiger partial charge in [-0.05, 0) is 87.9 Å². The van der Waals surface area contributed by atoms with Crippen LogP contribution in [0.2, 0.25) is 10.0 Å². The molecule has 354 valence electrons. The summed E-state index contributed by atoms with van der Waals surface area (Å²) in [6.07, 6.45) is 0. The van der Waals surface area contributed by atoms with Crippen molar-refractivity contribution in [3.8, 4) is 11.5 Å². The van der Waals surface area contributed by atoms with E-state index in [0.29, 0.717) is 41.7 Å². The van der Waals surface area contributed by atoms with Gasteiger partial charge < -0.3 is 30.7 Å². The van der Waals surface area contributed by atoms with E-state index in [1.54, 1.807) is 36.4 Å². The molecule has 0 aromatic heterocycles. The van der Waals surface area contributed by atoms with E-state index >= 15 is 0 Å². The molecule has 4 amide bonds. The first-order valence-electron chi connectivity index (χ1n) is 20.6. The van der Waals surface area contributed by atoms with E-state index < -0.39 is 47.3 Å². The molecule has 0 aliphatic rings. The minimum Gasteiger partial charge on any atom is -0.493 e. The monoisotopic (exact) mass is 1020 g/mol. The van der Waals surface area contributed by atoms with Gasteiger partial charge in [0.1, 0.15) is 22.9 Å². The van der Waals surface area contributed by atoms with Gasteiger partial charge in [0.2, 0.25) is 12.1 Å². The number of rotatable bonds is 21. The first-order chi connectivity index (χ1) is 32.6.